The molecule has 0 aliphatic heterocycles. The van der Waals surface area contributed by atoms with Gasteiger partial charge < -0.3 is 10.0 Å². The molecule has 1 amide bonds. The topological polar surface area (TPSA) is 83.7 Å². The second-order valence-corrected chi connectivity index (χ2v) is 5.59. The molecule has 21 heavy (non-hydrogen) atoms. The number of likely N-dealkylation sites (N-methyl/N-ethyl adjacent to an activating group) is 1. The fourth-order valence-corrected chi connectivity index (χ4v) is 2.84. The number of benzene rings is 1. The van der Waals surface area contributed by atoms with Crippen molar-refractivity contribution in [1.29, 1.82) is 0 Å². The Morgan fingerprint density at radius 2 is 2.05 bits per heavy atom. The maximum absolute atomic E-state index is 12.5. The Morgan fingerprint density at radius 3 is 2.67 bits per heavy atom. The van der Waals surface area contributed by atoms with Gasteiger partial charge in [0.25, 0.3) is 11.6 Å². The van der Waals surface area contributed by atoms with E-state index in [2.05, 4.69) is 0 Å². The highest BCUT2D eigenvalue weighted by atomic mass is 16.6. The summed E-state index contributed by atoms with van der Waals surface area (Å²) >= 11 is 0. The predicted octanol–water partition coefficient (Wildman–Crippen LogP) is 2.28. The summed E-state index contributed by atoms with van der Waals surface area (Å²) in [6.07, 6.45) is 2.88. The molecule has 6 nitrogen and oxygen atoms in total. The Labute approximate surface area is 123 Å². The van der Waals surface area contributed by atoms with E-state index in [1.807, 2.05) is 0 Å². The summed E-state index contributed by atoms with van der Waals surface area (Å²) in [5, 5.41) is 21.0. The van der Waals surface area contributed by atoms with Gasteiger partial charge in [0, 0.05) is 24.2 Å². The zero-order chi connectivity index (χ0) is 15.6. The summed E-state index contributed by atoms with van der Waals surface area (Å²) in [7, 11) is 1.65. The minimum atomic E-state index is -0.520. The molecule has 0 radical (unpaired) electrons. The lowest BCUT2D eigenvalue weighted by Crippen LogP contribution is -2.46. The molecule has 6 heteroatoms. The SMILES string of the molecule is Cc1ccc(C(=O)N(C)C2CCCCC2O)cc1[N+](=O)[O-]. The lowest BCUT2D eigenvalue weighted by Gasteiger charge is -2.35. The van der Waals surface area contributed by atoms with Crippen LogP contribution in [0.3, 0.4) is 0 Å². The molecule has 1 N–H and O–H groups in total. The van der Waals surface area contributed by atoms with Crippen molar-refractivity contribution < 1.29 is 14.8 Å². The van der Waals surface area contributed by atoms with Crippen LogP contribution in [0.4, 0.5) is 5.69 Å². The number of hydrogen-bond acceptors (Lipinski definition) is 4. The molecule has 1 aliphatic rings. The number of aryl methyl sites for hydroxylation is 1. The van der Waals surface area contributed by atoms with Crippen LogP contribution in [-0.4, -0.2) is 40.0 Å². The van der Waals surface area contributed by atoms with Gasteiger partial charge in [-0.15, -0.1) is 0 Å². The minimum Gasteiger partial charge on any atom is -0.391 e. The van der Waals surface area contributed by atoms with E-state index in [1.54, 1.807) is 26.1 Å². The molecule has 2 rings (SSSR count). The molecule has 0 heterocycles. The molecular weight excluding hydrogens is 272 g/mol. The average molecular weight is 292 g/mol. The summed E-state index contributed by atoms with van der Waals surface area (Å²) in [6.45, 7) is 1.64. The number of hydrogen-bond donors (Lipinski definition) is 1. The number of carbonyl (C=O) groups excluding carboxylic acids is 1. The predicted molar refractivity (Wildman–Crippen MR) is 78.2 cm³/mol. The fraction of sp³-hybridized carbons (Fsp3) is 0.533. The van der Waals surface area contributed by atoms with Gasteiger partial charge in [-0.05, 0) is 25.8 Å². The third kappa shape index (κ3) is 3.21. The normalized spacial score (nSPS) is 21.9. The van der Waals surface area contributed by atoms with Crippen molar-refractivity contribution in [1.82, 2.24) is 4.90 Å². The monoisotopic (exact) mass is 292 g/mol. The van der Waals surface area contributed by atoms with Crippen LogP contribution in [0.1, 0.15) is 41.6 Å². The van der Waals surface area contributed by atoms with Gasteiger partial charge in [-0.2, -0.15) is 0 Å². The molecule has 114 valence electrons. The second-order valence-electron chi connectivity index (χ2n) is 5.59. The highest BCUT2D eigenvalue weighted by molar-refractivity contribution is 5.95. The number of nitrogens with zero attached hydrogens (tertiary/aromatic N) is 2. The van der Waals surface area contributed by atoms with Crippen LogP contribution in [0.15, 0.2) is 18.2 Å². The fourth-order valence-electron chi connectivity index (χ4n) is 2.84. The van der Waals surface area contributed by atoms with Crippen LogP contribution in [0.2, 0.25) is 0 Å². The van der Waals surface area contributed by atoms with Gasteiger partial charge in [0.05, 0.1) is 17.1 Å². The third-order valence-corrected chi connectivity index (χ3v) is 4.16. The standard InChI is InChI=1S/C15H20N2O4/c1-10-7-8-11(9-13(10)17(20)21)15(19)16(2)12-5-3-4-6-14(12)18/h7-9,12,14,18H,3-6H2,1-2H3. The van der Waals surface area contributed by atoms with E-state index in [0.717, 1.165) is 19.3 Å². The van der Waals surface area contributed by atoms with Gasteiger partial charge >= 0.3 is 0 Å². The largest absolute Gasteiger partial charge is 0.391 e. The zero-order valence-corrected chi connectivity index (χ0v) is 12.3. The van der Waals surface area contributed by atoms with Crippen LogP contribution >= 0.6 is 0 Å². The van der Waals surface area contributed by atoms with E-state index < -0.39 is 11.0 Å². The van der Waals surface area contributed by atoms with Crippen LogP contribution < -0.4 is 0 Å². The summed E-state index contributed by atoms with van der Waals surface area (Å²) in [4.78, 5) is 24.5. The van der Waals surface area contributed by atoms with Crippen molar-refractivity contribution in [2.24, 2.45) is 0 Å². The van der Waals surface area contributed by atoms with Crippen molar-refractivity contribution >= 4 is 11.6 Å². The highest BCUT2D eigenvalue weighted by Gasteiger charge is 2.30. The number of amides is 1. The molecule has 1 aromatic carbocycles. The van der Waals surface area contributed by atoms with Gasteiger partial charge in [0.15, 0.2) is 0 Å². The molecule has 1 fully saturated rings. The smallest absolute Gasteiger partial charge is 0.273 e. The summed E-state index contributed by atoms with van der Waals surface area (Å²) < 4.78 is 0. The van der Waals surface area contributed by atoms with Crippen molar-refractivity contribution in [2.45, 2.75) is 44.8 Å². The van der Waals surface area contributed by atoms with E-state index in [9.17, 15) is 20.0 Å². The lowest BCUT2D eigenvalue weighted by molar-refractivity contribution is -0.385. The van der Waals surface area contributed by atoms with Crippen LogP contribution in [0.5, 0.6) is 0 Å². The Morgan fingerprint density at radius 1 is 1.38 bits per heavy atom. The Balaban J connectivity index is 2.23. The van der Waals surface area contributed by atoms with E-state index in [-0.39, 0.29) is 23.2 Å². The second kappa shape index (κ2) is 6.22. The molecule has 0 aromatic heterocycles. The van der Waals surface area contributed by atoms with Gasteiger partial charge in [-0.25, -0.2) is 0 Å². The van der Waals surface area contributed by atoms with Gasteiger partial charge in [0.2, 0.25) is 0 Å². The molecule has 1 aliphatic carbocycles. The van der Waals surface area contributed by atoms with Gasteiger partial charge in [0.1, 0.15) is 0 Å². The highest BCUT2D eigenvalue weighted by Crippen LogP contribution is 2.25. The van der Waals surface area contributed by atoms with E-state index in [1.165, 1.54) is 11.0 Å². The van der Waals surface area contributed by atoms with Crippen molar-refractivity contribution in [3.63, 3.8) is 0 Å². The zero-order valence-electron chi connectivity index (χ0n) is 12.3. The maximum Gasteiger partial charge on any atom is 0.273 e. The Kier molecular flexibility index (Phi) is 4.57. The van der Waals surface area contributed by atoms with E-state index in [4.69, 9.17) is 0 Å². The van der Waals surface area contributed by atoms with Gasteiger partial charge in [-0.3, -0.25) is 14.9 Å². The molecule has 0 saturated heterocycles. The first kappa shape index (κ1) is 15.4. The summed E-state index contributed by atoms with van der Waals surface area (Å²) in [6, 6.07) is 4.27. The number of rotatable bonds is 3. The number of carbonyl (C=O) groups is 1. The number of nitro benzene ring substituents is 1. The molecule has 2 unspecified atom stereocenters. The van der Waals surface area contributed by atoms with Crippen LogP contribution in [0.25, 0.3) is 0 Å². The first-order valence-electron chi connectivity index (χ1n) is 7.12. The quantitative estimate of drug-likeness (QED) is 0.684. The minimum absolute atomic E-state index is 0.0570. The molecule has 0 spiro atoms. The number of aliphatic hydroxyl groups excluding tert-OH is 1. The molecule has 0 bridgehead atoms. The van der Waals surface area contributed by atoms with Crippen LogP contribution in [0, 0.1) is 17.0 Å². The first-order chi connectivity index (χ1) is 9.91. The molecule has 2 atom stereocenters. The number of nitro groups is 1. The average Bonchev–Trinajstić information content (AvgIpc) is 2.46. The first-order valence-corrected chi connectivity index (χ1v) is 7.12. The van der Waals surface area contributed by atoms with Crippen molar-refractivity contribution in [3.05, 3.63) is 39.4 Å². The molecule has 1 saturated carbocycles. The summed E-state index contributed by atoms with van der Waals surface area (Å²) in [5.41, 5.74) is 0.753. The lowest BCUT2D eigenvalue weighted by atomic mass is 9.91. The third-order valence-electron chi connectivity index (χ3n) is 4.16. The van der Waals surface area contributed by atoms with Crippen molar-refractivity contribution in [2.75, 3.05) is 7.05 Å². The van der Waals surface area contributed by atoms with Crippen molar-refractivity contribution in [3.8, 4) is 0 Å². The molecular formula is C15H20N2O4. The molecule has 1 aromatic rings. The van der Waals surface area contributed by atoms with E-state index in [0.29, 0.717) is 12.0 Å². The maximum atomic E-state index is 12.5. The van der Waals surface area contributed by atoms with Gasteiger partial charge in [-0.1, -0.05) is 18.9 Å². The Bertz CT molecular complexity index is 559. The van der Waals surface area contributed by atoms with Crippen LogP contribution in [-0.2, 0) is 0 Å². The Hall–Kier alpha value is -1.95. The van der Waals surface area contributed by atoms with E-state index >= 15 is 0 Å². The number of aliphatic hydroxyl groups is 1. The summed E-state index contributed by atoms with van der Waals surface area (Å²) in [5.74, 6) is -0.288.